The summed E-state index contributed by atoms with van der Waals surface area (Å²) in [7, 11) is 0. The maximum atomic E-state index is 6.40. The maximum absolute atomic E-state index is 6.40. The first-order valence-corrected chi connectivity index (χ1v) is 13.1. The van der Waals surface area contributed by atoms with Crippen molar-refractivity contribution in [3.8, 4) is 22.6 Å². The third kappa shape index (κ3) is 4.63. The summed E-state index contributed by atoms with van der Waals surface area (Å²) < 4.78 is 23.9. The summed E-state index contributed by atoms with van der Waals surface area (Å²) in [5.74, 6) is 1.69. The van der Waals surface area contributed by atoms with Crippen molar-refractivity contribution in [1.29, 1.82) is 0 Å². The van der Waals surface area contributed by atoms with Gasteiger partial charge in [-0.2, -0.15) is 0 Å². The molecule has 0 N–H and O–H groups in total. The first kappa shape index (κ1) is 25.1. The van der Waals surface area contributed by atoms with Crippen molar-refractivity contribution in [2.75, 3.05) is 39.6 Å². The summed E-state index contributed by atoms with van der Waals surface area (Å²) in [6.45, 7) is 7.39. The van der Waals surface area contributed by atoms with Crippen LogP contribution < -0.4 is 9.47 Å². The van der Waals surface area contributed by atoms with Crippen LogP contribution in [0.4, 0.5) is 0 Å². The number of hydrogen-bond acceptors (Lipinski definition) is 4. The van der Waals surface area contributed by atoms with Crippen molar-refractivity contribution < 1.29 is 18.9 Å². The van der Waals surface area contributed by atoms with Crippen molar-refractivity contribution >= 4 is 0 Å². The molecular weight excluding hydrogens is 460 g/mol. The second-order valence-corrected chi connectivity index (χ2v) is 8.92. The molecule has 0 aromatic heterocycles. The monoisotopic (exact) mass is 494 g/mol. The molecule has 4 aromatic rings. The van der Waals surface area contributed by atoms with Crippen LogP contribution in [0.15, 0.2) is 97.1 Å². The molecule has 4 aromatic carbocycles. The quantitative estimate of drug-likeness (QED) is 0.177. The average Bonchev–Trinajstić information content (AvgIpc) is 3.25. The Balaban J connectivity index is 1.75. The highest BCUT2D eigenvalue weighted by Crippen LogP contribution is 2.59. The van der Waals surface area contributed by atoms with Crippen LogP contribution in [-0.4, -0.2) is 39.6 Å². The van der Waals surface area contributed by atoms with E-state index >= 15 is 0 Å². The summed E-state index contributed by atoms with van der Waals surface area (Å²) in [4.78, 5) is 0. The Morgan fingerprint density at radius 1 is 0.459 bits per heavy atom. The topological polar surface area (TPSA) is 36.9 Å². The van der Waals surface area contributed by atoms with Gasteiger partial charge in [-0.3, -0.25) is 0 Å². The molecule has 0 radical (unpaired) electrons. The van der Waals surface area contributed by atoms with Gasteiger partial charge >= 0.3 is 0 Å². The first-order valence-electron chi connectivity index (χ1n) is 13.1. The lowest BCUT2D eigenvalue weighted by Gasteiger charge is -2.36. The molecule has 0 atom stereocenters. The number of benzene rings is 4. The third-order valence-electron chi connectivity index (χ3n) is 6.91. The highest BCUT2D eigenvalue weighted by atomic mass is 16.5. The van der Waals surface area contributed by atoms with Crippen LogP contribution in [0.2, 0.25) is 0 Å². The van der Waals surface area contributed by atoms with Crippen molar-refractivity contribution in [3.05, 3.63) is 119 Å². The molecule has 5 rings (SSSR count). The first-order chi connectivity index (χ1) is 18.3. The lowest BCUT2D eigenvalue weighted by molar-refractivity contribution is 0.109. The van der Waals surface area contributed by atoms with Gasteiger partial charge in [-0.05, 0) is 48.2 Å². The van der Waals surface area contributed by atoms with Crippen LogP contribution in [0.5, 0.6) is 11.5 Å². The Morgan fingerprint density at radius 2 is 0.838 bits per heavy atom. The molecule has 0 saturated carbocycles. The molecule has 0 amide bonds. The molecule has 0 fully saturated rings. The molecule has 37 heavy (non-hydrogen) atoms. The SMILES string of the molecule is CCOCCOc1ccccc1C1(c2ccccc2OCCOCC)c2ccccc2-c2ccccc21. The summed E-state index contributed by atoms with van der Waals surface area (Å²) in [5, 5.41) is 0. The molecule has 1 aliphatic carbocycles. The minimum Gasteiger partial charge on any atom is -0.491 e. The molecule has 1 aliphatic rings. The molecule has 190 valence electrons. The van der Waals surface area contributed by atoms with Gasteiger partial charge in [-0.25, -0.2) is 0 Å². The molecule has 4 nitrogen and oxygen atoms in total. The van der Waals surface area contributed by atoms with Crippen molar-refractivity contribution in [2.24, 2.45) is 0 Å². The van der Waals surface area contributed by atoms with Crippen molar-refractivity contribution in [3.63, 3.8) is 0 Å². The average molecular weight is 495 g/mol. The summed E-state index contributed by atoms with van der Waals surface area (Å²) in [6.07, 6.45) is 0. The minimum atomic E-state index is -0.613. The van der Waals surface area contributed by atoms with Crippen LogP contribution in [0.25, 0.3) is 11.1 Å². The Kier molecular flexibility index (Phi) is 7.88. The third-order valence-corrected chi connectivity index (χ3v) is 6.91. The molecule has 0 saturated heterocycles. The fourth-order valence-electron chi connectivity index (χ4n) is 5.47. The fraction of sp³-hybridized carbons (Fsp3) is 0.273. The Bertz CT molecular complexity index is 1230. The normalized spacial score (nSPS) is 13.1. The molecular formula is C33H34O4. The second kappa shape index (κ2) is 11.6. The van der Waals surface area contributed by atoms with E-state index in [1.165, 1.54) is 22.3 Å². The predicted octanol–water partition coefficient (Wildman–Crippen LogP) is 6.88. The van der Waals surface area contributed by atoms with Crippen molar-refractivity contribution in [2.45, 2.75) is 19.3 Å². The summed E-state index contributed by atoms with van der Waals surface area (Å²) in [5.41, 5.74) is 6.46. The van der Waals surface area contributed by atoms with Gasteiger partial charge in [-0.1, -0.05) is 84.9 Å². The number of ether oxygens (including phenoxy) is 4. The van der Waals surface area contributed by atoms with E-state index in [2.05, 4.69) is 84.9 Å². The van der Waals surface area contributed by atoms with Gasteiger partial charge in [0.25, 0.3) is 0 Å². The molecule has 0 heterocycles. The lowest BCUT2D eigenvalue weighted by atomic mass is 9.67. The lowest BCUT2D eigenvalue weighted by Crippen LogP contribution is -2.30. The van der Waals surface area contributed by atoms with E-state index in [0.717, 1.165) is 22.6 Å². The van der Waals surface area contributed by atoms with E-state index in [1.54, 1.807) is 0 Å². The van der Waals surface area contributed by atoms with Gasteiger partial charge in [0, 0.05) is 24.3 Å². The number of para-hydroxylation sites is 2. The smallest absolute Gasteiger partial charge is 0.124 e. The largest absolute Gasteiger partial charge is 0.491 e. The molecule has 0 spiro atoms. The van der Waals surface area contributed by atoms with Crippen molar-refractivity contribution in [1.82, 2.24) is 0 Å². The second-order valence-electron chi connectivity index (χ2n) is 8.92. The van der Waals surface area contributed by atoms with E-state index < -0.39 is 5.41 Å². The van der Waals surface area contributed by atoms with Crippen LogP contribution in [0.1, 0.15) is 36.1 Å². The maximum Gasteiger partial charge on any atom is 0.124 e. The Hall–Kier alpha value is -3.60. The van der Waals surface area contributed by atoms with E-state index in [-0.39, 0.29) is 0 Å². The standard InChI is InChI=1S/C33H34O4/c1-3-34-21-23-36-31-19-11-9-17-29(31)33(30-18-10-12-20-32(30)37-24-22-35-4-2)27-15-7-5-13-25(27)26-14-6-8-16-28(26)33/h5-20H,3-4,21-24H2,1-2H3. The Labute approximate surface area is 219 Å². The van der Waals surface area contributed by atoms with Gasteiger partial charge < -0.3 is 18.9 Å². The van der Waals surface area contributed by atoms with Gasteiger partial charge in [0.15, 0.2) is 0 Å². The summed E-state index contributed by atoms with van der Waals surface area (Å²) >= 11 is 0. The van der Waals surface area contributed by atoms with E-state index in [4.69, 9.17) is 18.9 Å². The van der Waals surface area contributed by atoms with Gasteiger partial charge in [0.1, 0.15) is 24.7 Å². The fourth-order valence-corrected chi connectivity index (χ4v) is 5.47. The molecule has 4 heteroatoms. The highest BCUT2D eigenvalue weighted by molar-refractivity contribution is 5.87. The van der Waals surface area contributed by atoms with E-state index in [0.29, 0.717) is 39.6 Å². The summed E-state index contributed by atoms with van der Waals surface area (Å²) in [6, 6.07) is 34.1. The van der Waals surface area contributed by atoms with Crippen LogP contribution in [0.3, 0.4) is 0 Å². The minimum absolute atomic E-state index is 0.483. The number of hydrogen-bond donors (Lipinski definition) is 0. The highest BCUT2D eigenvalue weighted by Gasteiger charge is 2.48. The Morgan fingerprint density at radius 3 is 1.27 bits per heavy atom. The zero-order valence-electron chi connectivity index (χ0n) is 21.6. The van der Waals surface area contributed by atoms with Gasteiger partial charge in [0.05, 0.1) is 18.6 Å². The molecule has 0 aliphatic heterocycles. The van der Waals surface area contributed by atoms with Gasteiger partial charge in [-0.15, -0.1) is 0 Å². The number of rotatable bonds is 12. The predicted molar refractivity (Wildman–Crippen MR) is 148 cm³/mol. The van der Waals surface area contributed by atoms with Gasteiger partial charge in [0.2, 0.25) is 0 Å². The number of fused-ring (bicyclic) bond motifs is 3. The van der Waals surface area contributed by atoms with E-state index in [9.17, 15) is 0 Å². The zero-order valence-corrected chi connectivity index (χ0v) is 21.6. The molecule has 0 bridgehead atoms. The van der Waals surface area contributed by atoms with Crippen LogP contribution >= 0.6 is 0 Å². The van der Waals surface area contributed by atoms with Crippen LogP contribution in [0, 0.1) is 0 Å². The van der Waals surface area contributed by atoms with Crippen LogP contribution in [-0.2, 0) is 14.9 Å². The van der Waals surface area contributed by atoms with E-state index in [1.807, 2.05) is 26.0 Å². The molecule has 0 unspecified atom stereocenters. The zero-order chi connectivity index (χ0) is 25.5.